The minimum Gasteiger partial charge on any atom is -0.507 e. The fourth-order valence-electron chi connectivity index (χ4n) is 5.19. The summed E-state index contributed by atoms with van der Waals surface area (Å²) in [6.45, 7) is 0. The lowest BCUT2D eigenvalue weighted by molar-refractivity contribution is -0.131. The molecule has 4 aromatic carbocycles. The molecule has 0 aliphatic carbocycles. The summed E-state index contributed by atoms with van der Waals surface area (Å²) >= 11 is 5.96. The second-order valence-corrected chi connectivity index (χ2v) is 11.6. The molecule has 0 aromatic heterocycles. The first-order valence-electron chi connectivity index (χ1n) is 12.4. The van der Waals surface area contributed by atoms with Crippen LogP contribution < -0.4 is 10.2 Å². The van der Waals surface area contributed by atoms with Gasteiger partial charge in [-0.25, -0.2) is 0 Å². The molecule has 1 saturated heterocycles. The van der Waals surface area contributed by atoms with Gasteiger partial charge in [-0.15, -0.1) is 0 Å². The number of para-hydroxylation sites is 1. The zero-order valence-corrected chi connectivity index (χ0v) is 22.4. The number of β-lactam (4-membered cyclic amide) rings is 1. The van der Waals surface area contributed by atoms with E-state index in [1.807, 2.05) is 30.3 Å². The van der Waals surface area contributed by atoms with E-state index in [1.165, 1.54) is 12.1 Å². The molecular formula is C30H27ClNO6P. The van der Waals surface area contributed by atoms with Crippen LogP contribution in [0.15, 0.2) is 97.1 Å². The molecule has 1 aliphatic rings. The molecular weight excluding hydrogens is 537 g/mol. The Balaban J connectivity index is 1.46. The number of benzene rings is 4. The van der Waals surface area contributed by atoms with Crippen molar-refractivity contribution in [1.82, 2.24) is 0 Å². The largest absolute Gasteiger partial charge is 0.507 e. The van der Waals surface area contributed by atoms with Crippen molar-refractivity contribution in [1.29, 1.82) is 0 Å². The van der Waals surface area contributed by atoms with Crippen LogP contribution in [0, 0.1) is 5.92 Å². The zero-order valence-electron chi connectivity index (χ0n) is 20.8. The summed E-state index contributed by atoms with van der Waals surface area (Å²) in [7, 11) is -4.58. The van der Waals surface area contributed by atoms with Gasteiger partial charge in [0.2, 0.25) is 5.91 Å². The normalized spacial score (nSPS) is 18.1. The van der Waals surface area contributed by atoms with E-state index in [2.05, 4.69) is 0 Å². The Morgan fingerprint density at radius 2 is 1.54 bits per heavy atom. The minimum absolute atomic E-state index is 0.0788. The van der Waals surface area contributed by atoms with E-state index in [0.717, 1.165) is 5.69 Å². The molecule has 7 nitrogen and oxygen atoms in total. The third-order valence-corrected chi connectivity index (χ3v) is 8.40. The number of amides is 1. The molecule has 0 radical (unpaired) electrons. The molecule has 9 heteroatoms. The van der Waals surface area contributed by atoms with Crippen LogP contribution in [0.4, 0.5) is 5.69 Å². The number of aliphatic hydroxyl groups excluding tert-OH is 1. The van der Waals surface area contributed by atoms with E-state index < -0.39 is 25.7 Å². The lowest BCUT2D eigenvalue weighted by atomic mass is 9.78. The predicted molar refractivity (Wildman–Crippen MR) is 151 cm³/mol. The Hall–Kier alpha value is -3.45. The summed E-state index contributed by atoms with van der Waals surface area (Å²) in [4.78, 5) is 34.6. The third-order valence-electron chi connectivity index (χ3n) is 7.13. The molecule has 1 fully saturated rings. The van der Waals surface area contributed by atoms with Gasteiger partial charge in [0, 0.05) is 21.8 Å². The van der Waals surface area contributed by atoms with Gasteiger partial charge in [0.15, 0.2) is 0 Å². The van der Waals surface area contributed by atoms with Gasteiger partial charge in [-0.1, -0.05) is 72.3 Å². The van der Waals surface area contributed by atoms with Gasteiger partial charge >= 0.3 is 7.60 Å². The number of nitrogens with zero attached hydrogens (tertiary/aromatic N) is 1. The monoisotopic (exact) mass is 563 g/mol. The molecule has 1 heterocycles. The molecule has 39 heavy (non-hydrogen) atoms. The first-order chi connectivity index (χ1) is 18.6. The van der Waals surface area contributed by atoms with E-state index in [1.54, 1.807) is 59.5 Å². The van der Waals surface area contributed by atoms with E-state index in [9.17, 15) is 29.4 Å². The lowest BCUT2D eigenvalue weighted by Gasteiger charge is -2.48. The highest BCUT2D eigenvalue weighted by Gasteiger charge is 2.48. The maximum atomic E-state index is 13.3. The lowest BCUT2D eigenvalue weighted by Crippen LogP contribution is -2.55. The summed E-state index contributed by atoms with van der Waals surface area (Å²) < 4.78 is 12.0. The van der Waals surface area contributed by atoms with Gasteiger partial charge < -0.3 is 24.9 Å². The second-order valence-electron chi connectivity index (χ2n) is 9.58. The van der Waals surface area contributed by atoms with Crippen molar-refractivity contribution < 1.29 is 29.4 Å². The number of phenolic OH excluding ortho intramolecular Hbond substituents is 1. The number of hydrogen-bond donors (Lipinski definition) is 4. The van der Waals surface area contributed by atoms with E-state index in [-0.39, 0.29) is 28.1 Å². The van der Waals surface area contributed by atoms with Gasteiger partial charge in [0.05, 0.1) is 23.4 Å². The van der Waals surface area contributed by atoms with Crippen LogP contribution in [0.3, 0.4) is 0 Å². The fourth-order valence-corrected chi connectivity index (χ4v) is 6.11. The zero-order chi connectivity index (χ0) is 27.7. The topological polar surface area (TPSA) is 118 Å². The summed E-state index contributed by atoms with van der Waals surface area (Å²) in [6.07, 6.45) is 0.0123. The first-order valence-corrected chi connectivity index (χ1v) is 14.4. The van der Waals surface area contributed by atoms with Crippen molar-refractivity contribution in [2.24, 2.45) is 5.92 Å². The van der Waals surface area contributed by atoms with Crippen LogP contribution in [-0.4, -0.2) is 25.9 Å². The van der Waals surface area contributed by atoms with Gasteiger partial charge in [0.1, 0.15) is 5.75 Å². The van der Waals surface area contributed by atoms with Gasteiger partial charge in [-0.2, -0.15) is 0 Å². The summed E-state index contributed by atoms with van der Waals surface area (Å²) in [6, 6.07) is 26.8. The molecule has 1 amide bonds. The molecule has 0 unspecified atom stereocenters. The van der Waals surface area contributed by atoms with Gasteiger partial charge in [-0.05, 0) is 60.4 Å². The van der Waals surface area contributed by atoms with Crippen LogP contribution in [0.25, 0.3) is 11.1 Å². The average molecular weight is 564 g/mol. The minimum atomic E-state index is -4.58. The molecule has 5 rings (SSSR count). The van der Waals surface area contributed by atoms with Gasteiger partial charge in [-0.3, -0.25) is 9.36 Å². The molecule has 200 valence electrons. The highest BCUT2D eigenvalue weighted by Crippen LogP contribution is 2.48. The van der Waals surface area contributed by atoms with E-state index >= 15 is 0 Å². The first kappa shape index (κ1) is 27.1. The number of carbonyl (C=O) groups is 1. The van der Waals surface area contributed by atoms with Crippen molar-refractivity contribution in [2.75, 3.05) is 4.90 Å². The van der Waals surface area contributed by atoms with E-state index in [4.69, 9.17) is 11.6 Å². The molecule has 0 bridgehead atoms. The fraction of sp³-hybridized carbons (Fsp3) is 0.167. The van der Waals surface area contributed by atoms with Crippen molar-refractivity contribution >= 4 is 36.1 Å². The van der Waals surface area contributed by atoms with Crippen LogP contribution in [0.5, 0.6) is 5.75 Å². The summed E-state index contributed by atoms with van der Waals surface area (Å²) in [5.41, 5.74) is 2.64. The van der Waals surface area contributed by atoms with Crippen molar-refractivity contribution in [3.05, 3.63) is 113 Å². The number of carbonyl (C=O) groups excluding carboxylic acids is 1. The standard InChI is InChI=1S/C30H27ClNO6P/c31-21-13-10-19(11-14-21)26(33)17-16-25-29(32(30(25)35)22-6-2-1-3-7-22)20-12-15-23(27(34)18-20)24-8-4-5-9-28(24)39(36,37)38/h1-15,18,25-26,29,33-34H,16-17H2,(H2,36,37,38)/t25-,26+,29-/m1/s1. The Morgan fingerprint density at radius 1 is 0.872 bits per heavy atom. The van der Waals surface area contributed by atoms with Crippen LogP contribution >= 0.6 is 19.2 Å². The van der Waals surface area contributed by atoms with Crippen molar-refractivity contribution in [3.63, 3.8) is 0 Å². The number of anilines is 1. The number of halogens is 1. The summed E-state index contributed by atoms with van der Waals surface area (Å²) in [5.74, 6) is -0.662. The predicted octanol–water partition coefficient (Wildman–Crippen LogP) is 5.73. The Kier molecular flexibility index (Phi) is 7.63. The molecule has 0 spiro atoms. The maximum Gasteiger partial charge on any atom is 0.356 e. The summed E-state index contributed by atoms with van der Waals surface area (Å²) in [5, 5.41) is 22.1. The Morgan fingerprint density at radius 3 is 2.21 bits per heavy atom. The molecule has 0 saturated carbocycles. The number of rotatable bonds is 8. The highest BCUT2D eigenvalue weighted by atomic mass is 35.5. The number of hydrogen-bond acceptors (Lipinski definition) is 4. The smallest absolute Gasteiger partial charge is 0.356 e. The van der Waals surface area contributed by atoms with Crippen LogP contribution in [-0.2, 0) is 9.36 Å². The van der Waals surface area contributed by atoms with Crippen molar-refractivity contribution in [2.45, 2.75) is 25.0 Å². The Bertz CT molecular complexity index is 1540. The average Bonchev–Trinajstić information content (AvgIpc) is 2.92. The number of aliphatic hydroxyl groups is 1. The third kappa shape index (κ3) is 5.50. The number of phenols is 1. The molecule has 4 N–H and O–H groups in total. The molecule has 1 aliphatic heterocycles. The van der Waals surface area contributed by atoms with E-state index in [0.29, 0.717) is 29.0 Å². The van der Waals surface area contributed by atoms with Crippen LogP contribution in [0.2, 0.25) is 5.02 Å². The van der Waals surface area contributed by atoms with Crippen LogP contribution in [0.1, 0.15) is 36.1 Å². The Labute approximate surface area is 231 Å². The quantitative estimate of drug-likeness (QED) is 0.160. The maximum absolute atomic E-state index is 13.3. The van der Waals surface area contributed by atoms with Crippen molar-refractivity contribution in [3.8, 4) is 16.9 Å². The number of aromatic hydroxyl groups is 1. The molecule has 4 aromatic rings. The highest BCUT2D eigenvalue weighted by molar-refractivity contribution is 7.60. The molecule has 3 atom stereocenters. The second kappa shape index (κ2) is 11.0. The SMILES string of the molecule is O=C1[C@H](CC[C@H](O)c2ccc(Cl)cc2)[C@@H](c2ccc(-c3ccccc3P(=O)(O)O)c(O)c2)N1c1ccccc1. The van der Waals surface area contributed by atoms with Gasteiger partial charge in [0.25, 0.3) is 0 Å².